The Kier molecular flexibility index (Phi) is 6.20. The number of ether oxygens (including phenoxy) is 2. The number of hydrogen-bond acceptors (Lipinski definition) is 6. The Labute approximate surface area is 174 Å². The molecule has 9 heteroatoms. The monoisotopic (exact) mass is 411 g/mol. The number of hydrogen-bond donors (Lipinski definition) is 2. The van der Waals surface area contributed by atoms with Gasteiger partial charge in [0.05, 0.1) is 23.3 Å². The summed E-state index contributed by atoms with van der Waals surface area (Å²) in [6.07, 6.45) is -0.817. The van der Waals surface area contributed by atoms with Crippen LogP contribution in [-0.2, 0) is 11.8 Å². The van der Waals surface area contributed by atoms with Crippen LogP contribution in [0, 0.1) is 13.8 Å². The van der Waals surface area contributed by atoms with Crippen LogP contribution in [0.4, 0.5) is 0 Å². The lowest BCUT2D eigenvalue weighted by atomic mass is 10.1. The summed E-state index contributed by atoms with van der Waals surface area (Å²) in [6, 6.07) is 8.62. The van der Waals surface area contributed by atoms with E-state index in [0.717, 1.165) is 5.75 Å². The van der Waals surface area contributed by atoms with Crippen LogP contribution in [0.5, 0.6) is 11.5 Å². The van der Waals surface area contributed by atoms with Gasteiger partial charge in [0.2, 0.25) is 0 Å². The minimum absolute atomic E-state index is 0.392. The number of carbonyl (C=O) groups excluding carboxylic acids is 2. The van der Waals surface area contributed by atoms with E-state index in [1.807, 2.05) is 6.92 Å². The SMILES string of the molecule is CCOc1ccc(OC(C)C(=O)NNC(=O)c2cc(C)nc3c2c(C)nn3C)cc1. The molecule has 3 aromatic rings. The van der Waals surface area contributed by atoms with Gasteiger partial charge in [-0.15, -0.1) is 0 Å². The van der Waals surface area contributed by atoms with E-state index < -0.39 is 17.9 Å². The fourth-order valence-corrected chi connectivity index (χ4v) is 3.08. The molecule has 2 heterocycles. The number of aryl methyl sites for hydroxylation is 3. The van der Waals surface area contributed by atoms with Gasteiger partial charge in [0.25, 0.3) is 11.8 Å². The summed E-state index contributed by atoms with van der Waals surface area (Å²) in [5.74, 6) is 0.300. The summed E-state index contributed by atoms with van der Waals surface area (Å²) < 4.78 is 12.6. The third-order valence-electron chi connectivity index (χ3n) is 4.46. The van der Waals surface area contributed by atoms with Gasteiger partial charge in [0.1, 0.15) is 11.5 Å². The molecule has 3 rings (SSSR count). The first-order chi connectivity index (χ1) is 14.3. The van der Waals surface area contributed by atoms with Crippen molar-refractivity contribution < 1.29 is 19.1 Å². The quantitative estimate of drug-likeness (QED) is 0.602. The Hall–Kier alpha value is -3.62. The van der Waals surface area contributed by atoms with Gasteiger partial charge in [-0.2, -0.15) is 5.10 Å². The highest BCUT2D eigenvalue weighted by Gasteiger charge is 2.20. The van der Waals surface area contributed by atoms with E-state index >= 15 is 0 Å². The van der Waals surface area contributed by atoms with Crippen LogP contribution in [0.25, 0.3) is 11.0 Å². The molecule has 9 nitrogen and oxygen atoms in total. The highest BCUT2D eigenvalue weighted by atomic mass is 16.5. The van der Waals surface area contributed by atoms with Gasteiger partial charge in [-0.05, 0) is 58.0 Å². The molecule has 0 saturated carbocycles. The van der Waals surface area contributed by atoms with Crippen LogP contribution in [-0.4, -0.2) is 39.3 Å². The fraction of sp³-hybridized carbons (Fsp3) is 0.333. The van der Waals surface area contributed by atoms with E-state index in [4.69, 9.17) is 9.47 Å². The normalized spacial score (nSPS) is 11.8. The number of fused-ring (bicyclic) bond motifs is 1. The number of amides is 2. The molecule has 158 valence electrons. The van der Waals surface area contributed by atoms with E-state index in [-0.39, 0.29) is 0 Å². The molecule has 0 aliphatic heterocycles. The van der Waals surface area contributed by atoms with Gasteiger partial charge in [0.15, 0.2) is 11.8 Å². The number of carbonyl (C=O) groups is 2. The predicted octanol–water partition coefficient (Wildman–Crippen LogP) is 2.21. The summed E-state index contributed by atoms with van der Waals surface area (Å²) in [4.78, 5) is 29.5. The Morgan fingerprint density at radius 2 is 1.80 bits per heavy atom. The topological polar surface area (TPSA) is 107 Å². The van der Waals surface area contributed by atoms with Crippen molar-refractivity contribution in [3.63, 3.8) is 0 Å². The molecule has 0 bridgehead atoms. The Morgan fingerprint density at radius 1 is 1.13 bits per heavy atom. The van der Waals surface area contributed by atoms with Crippen LogP contribution in [0.3, 0.4) is 0 Å². The van der Waals surface area contributed by atoms with Crippen molar-refractivity contribution in [2.75, 3.05) is 6.61 Å². The molecule has 0 aliphatic carbocycles. The molecule has 2 N–H and O–H groups in total. The smallest absolute Gasteiger partial charge is 0.279 e. The summed E-state index contributed by atoms with van der Waals surface area (Å²) in [5.41, 5.74) is 7.21. The van der Waals surface area contributed by atoms with Crippen molar-refractivity contribution in [3.05, 3.63) is 47.3 Å². The minimum Gasteiger partial charge on any atom is -0.494 e. The third-order valence-corrected chi connectivity index (χ3v) is 4.46. The van der Waals surface area contributed by atoms with Gasteiger partial charge in [-0.25, -0.2) is 4.98 Å². The molecule has 0 fully saturated rings. The van der Waals surface area contributed by atoms with Crippen LogP contribution in [0.2, 0.25) is 0 Å². The molecular weight excluding hydrogens is 386 g/mol. The van der Waals surface area contributed by atoms with Crippen LogP contribution in [0.15, 0.2) is 30.3 Å². The maximum atomic E-state index is 12.7. The molecule has 30 heavy (non-hydrogen) atoms. The van der Waals surface area contributed by atoms with Crippen molar-refractivity contribution in [2.45, 2.75) is 33.8 Å². The summed E-state index contributed by atoms with van der Waals surface area (Å²) in [6.45, 7) is 7.67. The molecular formula is C21H25N5O4. The van der Waals surface area contributed by atoms with Gasteiger partial charge in [0, 0.05) is 12.7 Å². The van der Waals surface area contributed by atoms with E-state index in [2.05, 4.69) is 20.9 Å². The molecule has 0 saturated heterocycles. The van der Waals surface area contributed by atoms with Gasteiger partial charge < -0.3 is 9.47 Å². The highest BCUT2D eigenvalue weighted by molar-refractivity contribution is 6.07. The first-order valence-electron chi connectivity index (χ1n) is 9.60. The Balaban J connectivity index is 1.64. The summed E-state index contributed by atoms with van der Waals surface area (Å²) in [5, 5.41) is 4.97. The van der Waals surface area contributed by atoms with Crippen LogP contribution in [0.1, 0.15) is 35.6 Å². The zero-order chi connectivity index (χ0) is 21.8. The zero-order valence-electron chi connectivity index (χ0n) is 17.6. The molecule has 0 spiro atoms. The second-order valence-electron chi connectivity index (χ2n) is 6.83. The Morgan fingerprint density at radius 3 is 2.47 bits per heavy atom. The number of pyridine rings is 1. The highest BCUT2D eigenvalue weighted by Crippen LogP contribution is 2.21. The average Bonchev–Trinajstić information content (AvgIpc) is 3.00. The summed E-state index contributed by atoms with van der Waals surface area (Å²) >= 11 is 0. The van der Waals surface area contributed by atoms with Crippen molar-refractivity contribution in [3.8, 4) is 11.5 Å². The number of nitrogens with one attached hydrogen (secondary N) is 2. The van der Waals surface area contributed by atoms with Crippen molar-refractivity contribution in [1.29, 1.82) is 0 Å². The zero-order valence-corrected chi connectivity index (χ0v) is 17.6. The number of rotatable bonds is 6. The molecule has 1 unspecified atom stereocenters. The molecule has 1 aromatic carbocycles. The largest absolute Gasteiger partial charge is 0.494 e. The van der Waals surface area contributed by atoms with E-state index in [9.17, 15) is 9.59 Å². The lowest BCUT2D eigenvalue weighted by Gasteiger charge is -2.16. The number of benzene rings is 1. The average molecular weight is 411 g/mol. The number of aromatic nitrogens is 3. The number of hydrazine groups is 1. The van der Waals surface area contributed by atoms with Crippen LogP contribution < -0.4 is 20.3 Å². The standard InChI is InChI=1S/C21H25N5O4/c1-6-29-15-7-9-16(10-8-15)30-14(4)20(27)23-24-21(28)17-11-12(2)22-19-18(17)13(3)25-26(19)5/h7-11,14H,6H2,1-5H3,(H,23,27)(H,24,28). The second-order valence-corrected chi connectivity index (χ2v) is 6.83. The minimum atomic E-state index is -0.817. The molecule has 2 aromatic heterocycles. The van der Waals surface area contributed by atoms with Gasteiger partial charge in [-0.1, -0.05) is 0 Å². The van der Waals surface area contributed by atoms with Crippen molar-refractivity contribution >= 4 is 22.8 Å². The fourth-order valence-electron chi connectivity index (χ4n) is 3.08. The van der Waals surface area contributed by atoms with Crippen molar-refractivity contribution in [1.82, 2.24) is 25.6 Å². The number of nitrogens with zero attached hydrogens (tertiary/aromatic N) is 3. The maximum absolute atomic E-state index is 12.7. The second kappa shape index (κ2) is 8.81. The predicted molar refractivity (Wildman–Crippen MR) is 111 cm³/mol. The van der Waals surface area contributed by atoms with Crippen LogP contribution >= 0.6 is 0 Å². The first kappa shape index (κ1) is 21.1. The first-order valence-corrected chi connectivity index (χ1v) is 9.60. The Bertz CT molecular complexity index is 1080. The van der Waals surface area contributed by atoms with E-state index in [1.54, 1.807) is 62.8 Å². The lowest BCUT2D eigenvalue weighted by Crippen LogP contribution is -2.47. The molecule has 2 amide bonds. The molecule has 0 aliphatic rings. The van der Waals surface area contributed by atoms with Gasteiger partial charge >= 0.3 is 0 Å². The molecule has 0 radical (unpaired) electrons. The lowest BCUT2D eigenvalue weighted by molar-refractivity contribution is -0.128. The van der Waals surface area contributed by atoms with Gasteiger partial charge in [-0.3, -0.25) is 25.1 Å². The van der Waals surface area contributed by atoms with E-state index in [1.165, 1.54) is 0 Å². The third kappa shape index (κ3) is 4.51. The van der Waals surface area contributed by atoms with E-state index in [0.29, 0.717) is 40.3 Å². The maximum Gasteiger partial charge on any atom is 0.279 e. The summed E-state index contributed by atoms with van der Waals surface area (Å²) in [7, 11) is 1.77. The molecule has 1 atom stereocenters. The van der Waals surface area contributed by atoms with Crippen molar-refractivity contribution in [2.24, 2.45) is 7.05 Å².